The summed E-state index contributed by atoms with van der Waals surface area (Å²) in [4.78, 5) is 14.2. The third-order valence-electron chi connectivity index (χ3n) is 6.03. The molecule has 0 aromatic heterocycles. The lowest BCUT2D eigenvalue weighted by molar-refractivity contribution is -0.0393. The van der Waals surface area contributed by atoms with Crippen molar-refractivity contribution in [1.29, 1.82) is 0 Å². The van der Waals surface area contributed by atoms with Gasteiger partial charge in [0.05, 0.1) is 41.0 Å². The Hall–Kier alpha value is -1.36. The number of rotatable bonds is 11. The second kappa shape index (κ2) is 12.3. The minimum atomic E-state index is -3.26. The van der Waals surface area contributed by atoms with Crippen LogP contribution in [0.1, 0.15) is 53.4 Å². The number of nitrogens with zero attached hydrogens (tertiary/aromatic N) is 1. The molecule has 1 aliphatic carbocycles. The van der Waals surface area contributed by atoms with Gasteiger partial charge in [-0.1, -0.05) is 6.92 Å². The summed E-state index contributed by atoms with van der Waals surface area (Å²) in [6.07, 6.45) is 3.52. The highest BCUT2D eigenvalue weighted by Crippen LogP contribution is 2.37. The fourth-order valence-corrected chi connectivity index (χ4v) is 5.37. The highest BCUT2D eigenvalue weighted by Gasteiger charge is 2.34. The largest absolute Gasteiger partial charge is 0.487 e. The molecule has 2 aliphatic rings. The van der Waals surface area contributed by atoms with E-state index in [1.165, 1.54) is 0 Å². The fourth-order valence-electron chi connectivity index (χ4n) is 3.84. The number of carbonyl (C=O) groups is 1. The van der Waals surface area contributed by atoms with Crippen molar-refractivity contribution in [2.75, 3.05) is 38.7 Å². The topological polar surface area (TPSA) is 91.4 Å². The van der Waals surface area contributed by atoms with Crippen molar-refractivity contribution < 1.29 is 32.2 Å². The number of likely N-dealkylation sites (tertiary alicyclic amines) is 1. The van der Waals surface area contributed by atoms with Crippen LogP contribution in [0.4, 0.5) is 4.79 Å². The van der Waals surface area contributed by atoms with Crippen molar-refractivity contribution in [3.8, 4) is 5.75 Å². The van der Waals surface area contributed by atoms with Crippen molar-refractivity contribution in [1.82, 2.24) is 4.90 Å². The summed E-state index contributed by atoms with van der Waals surface area (Å²) in [5.41, 5.74) is -0.487. The van der Waals surface area contributed by atoms with Gasteiger partial charge in [0.25, 0.3) is 0 Å². The molecule has 1 aromatic rings. The van der Waals surface area contributed by atoms with E-state index >= 15 is 0 Å². The number of benzene rings is 1. The number of amides is 1. The summed E-state index contributed by atoms with van der Waals surface area (Å²) in [6.45, 7) is 9.90. The molecule has 0 radical (unpaired) electrons. The van der Waals surface area contributed by atoms with E-state index in [0.29, 0.717) is 49.1 Å². The average molecular weight is 577 g/mol. The molecule has 198 valence electrons. The second-order valence-corrected chi connectivity index (χ2v) is 13.2. The van der Waals surface area contributed by atoms with Crippen molar-refractivity contribution in [2.24, 2.45) is 5.92 Å². The summed E-state index contributed by atoms with van der Waals surface area (Å²) in [5.74, 6) is 1.12. The molecular weight excluding hydrogens is 538 g/mol. The van der Waals surface area contributed by atoms with Gasteiger partial charge >= 0.3 is 6.09 Å². The Bertz CT molecular complexity index is 951. The van der Waals surface area contributed by atoms with Crippen LogP contribution in [0, 0.1) is 5.92 Å². The minimum Gasteiger partial charge on any atom is -0.487 e. The molecule has 1 atom stereocenters. The van der Waals surface area contributed by atoms with E-state index < -0.39 is 15.4 Å². The molecule has 35 heavy (non-hydrogen) atoms. The molecule has 0 bridgehead atoms. The number of carbonyl (C=O) groups excluding carboxylic acids is 1. The third kappa shape index (κ3) is 8.91. The lowest BCUT2D eigenvalue weighted by Gasteiger charge is -2.33. The minimum absolute atomic E-state index is 0.0586. The van der Waals surface area contributed by atoms with Gasteiger partial charge in [0.15, 0.2) is 9.84 Å². The molecule has 0 N–H and O–H groups in total. The predicted molar refractivity (Wildman–Crippen MR) is 137 cm³/mol. The first kappa shape index (κ1) is 28.2. The van der Waals surface area contributed by atoms with E-state index in [9.17, 15) is 13.2 Å². The van der Waals surface area contributed by atoms with E-state index in [-0.39, 0.29) is 28.9 Å². The highest BCUT2D eigenvalue weighted by atomic mass is 79.9. The maximum Gasteiger partial charge on any atom is 0.410 e. The van der Waals surface area contributed by atoms with Gasteiger partial charge in [0, 0.05) is 13.1 Å². The molecule has 0 spiro atoms. The molecule has 1 heterocycles. The molecule has 2 fully saturated rings. The summed E-state index contributed by atoms with van der Waals surface area (Å²) < 4.78 is 48.3. The number of sulfone groups is 1. The van der Waals surface area contributed by atoms with Crippen LogP contribution in [0.3, 0.4) is 0 Å². The Morgan fingerprint density at radius 2 is 1.83 bits per heavy atom. The second-order valence-electron chi connectivity index (χ2n) is 10.1. The average Bonchev–Trinajstić information content (AvgIpc) is 3.63. The fraction of sp³-hybridized carbons (Fsp3) is 0.720. The Morgan fingerprint density at radius 1 is 1.14 bits per heavy atom. The van der Waals surface area contributed by atoms with Gasteiger partial charge in [0.1, 0.15) is 17.5 Å². The predicted octanol–water partition coefficient (Wildman–Crippen LogP) is 4.83. The van der Waals surface area contributed by atoms with Gasteiger partial charge in [0.2, 0.25) is 0 Å². The Labute approximate surface area is 217 Å². The summed E-state index contributed by atoms with van der Waals surface area (Å²) in [6, 6.07) is 4.89. The van der Waals surface area contributed by atoms with Crippen LogP contribution in [0.5, 0.6) is 5.75 Å². The summed E-state index contributed by atoms with van der Waals surface area (Å²) >= 11 is 3.45. The highest BCUT2D eigenvalue weighted by molar-refractivity contribution is 9.10. The van der Waals surface area contributed by atoms with Crippen molar-refractivity contribution >= 4 is 31.9 Å². The van der Waals surface area contributed by atoms with Gasteiger partial charge in [-0.3, -0.25) is 0 Å². The monoisotopic (exact) mass is 575 g/mol. The van der Waals surface area contributed by atoms with Gasteiger partial charge in [-0.15, -0.1) is 0 Å². The standard InChI is InChI=1S/C25H38BrNO7S/c1-5-35(29,30)20-8-9-22(21(26)16-20)33-23(18-6-7-18)17-31-14-15-32-19-10-12-27(13-11-19)24(28)34-25(2,3)4/h8-9,16,18-19,23H,5-7,10-15,17H2,1-4H3. The first-order valence-electron chi connectivity index (χ1n) is 12.3. The third-order valence-corrected chi connectivity index (χ3v) is 8.38. The smallest absolute Gasteiger partial charge is 0.410 e. The quantitative estimate of drug-likeness (QED) is 0.349. The number of hydrogen-bond donors (Lipinski definition) is 0. The van der Waals surface area contributed by atoms with Crippen LogP contribution < -0.4 is 4.74 Å². The Kier molecular flexibility index (Phi) is 9.88. The normalized spacial score (nSPS) is 18.4. The molecule has 8 nitrogen and oxygen atoms in total. The first-order chi connectivity index (χ1) is 16.5. The molecule has 1 unspecified atom stereocenters. The van der Waals surface area contributed by atoms with E-state index in [0.717, 1.165) is 25.7 Å². The van der Waals surface area contributed by atoms with Crippen LogP contribution in [0.2, 0.25) is 0 Å². The number of piperidine rings is 1. The lowest BCUT2D eigenvalue weighted by Crippen LogP contribution is -2.43. The maximum atomic E-state index is 12.2. The summed E-state index contributed by atoms with van der Waals surface area (Å²) in [5, 5.41) is 0. The number of hydrogen-bond acceptors (Lipinski definition) is 7. The molecule has 3 rings (SSSR count). The number of halogens is 1. The van der Waals surface area contributed by atoms with Crippen molar-refractivity contribution in [3.63, 3.8) is 0 Å². The molecule has 1 aliphatic heterocycles. The Morgan fingerprint density at radius 3 is 2.40 bits per heavy atom. The van der Waals surface area contributed by atoms with E-state index in [1.54, 1.807) is 30.0 Å². The number of ether oxygens (including phenoxy) is 4. The van der Waals surface area contributed by atoms with Gasteiger partial charge < -0.3 is 23.8 Å². The van der Waals surface area contributed by atoms with Crippen LogP contribution in [-0.4, -0.2) is 75.9 Å². The van der Waals surface area contributed by atoms with Crippen LogP contribution in [-0.2, 0) is 24.0 Å². The molecular formula is C25H38BrNO7S. The van der Waals surface area contributed by atoms with Gasteiger partial charge in [-0.2, -0.15) is 0 Å². The van der Waals surface area contributed by atoms with Crippen LogP contribution >= 0.6 is 15.9 Å². The van der Waals surface area contributed by atoms with E-state index in [4.69, 9.17) is 18.9 Å². The molecule has 10 heteroatoms. The molecule has 1 aromatic carbocycles. The zero-order valence-corrected chi connectivity index (χ0v) is 23.5. The first-order valence-corrected chi connectivity index (χ1v) is 14.8. The zero-order valence-electron chi connectivity index (χ0n) is 21.1. The molecule has 1 saturated carbocycles. The molecule has 1 amide bonds. The Balaban J connectivity index is 1.37. The van der Waals surface area contributed by atoms with Crippen LogP contribution in [0.15, 0.2) is 27.6 Å². The van der Waals surface area contributed by atoms with E-state index in [2.05, 4.69) is 15.9 Å². The lowest BCUT2D eigenvalue weighted by atomic mass is 10.1. The van der Waals surface area contributed by atoms with Crippen molar-refractivity contribution in [2.45, 2.75) is 76.1 Å². The van der Waals surface area contributed by atoms with Crippen LogP contribution in [0.25, 0.3) is 0 Å². The van der Waals surface area contributed by atoms with Crippen molar-refractivity contribution in [3.05, 3.63) is 22.7 Å². The zero-order chi connectivity index (χ0) is 25.6. The molecule has 1 saturated heterocycles. The summed E-state index contributed by atoms with van der Waals surface area (Å²) in [7, 11) is -3.26. The van der Waals surface area contributed by atoms with Gasteiger partial charge in [-0.25, -0.2) is 13.2 Å². The van der Waals surface area contributed by atoms with Gasteiger partial charge in [-0.05, 0) is 86.5 Å². The maximum absolute atomic E-state index is 12.2. The SMILES string of the molecule is CCS(=O)(=O)c1ccc(OC(COCCOC2CCN(C(=O)OC(C)(C)C)CC2)C2CC2)c(Br)c1. The van der Waals surface area contributed by atoms with E-state index in [1.807, 2.05) is 20.8 Å².